The molecule has 2 aromatic rings. The minimum absolute atomic E-state index is 0.0278. The summed E-state index contributed by atoms with van der Waals surface area (Å²) in [6.07, 6.45) is 0. The van der Waals surface area contributed by atoms with Gasteiger partial charge in [0.2, 0.25) is 5.78 Å². The van der Waals surface area contributed by atoms with Crippen molar-refractivity contribution in [3.63, 3.8) is 0 Å². The molecule has 0 atom stereocenters. The molecule has 1 heterocycles. The zero-order chi connectivity index (χ0) is 15.6. The average molecular weight is 282 g/mol. The molecule has 0 N–H and O–H groups in total. The molecule has 1 aromatic heterocycles. The van der Waals surface area contributed by atoms with Gasteiger partial charge >= 0.3 is 0 Å². The number of hydrogen-bond donors (Lipinski definition) is 0. The number of rotatable bonds is 4. The Balaban J connectivity index is 2.15. The lowest BCUT2D eigenvalue weighted by Crippen LogP contribution is -2.13. The van der Waals surface area contributed by atoms with Crippen molar-refractivity contribution in [3.05, 3.63) is 52.3 Å². The zero-order valence-electron chi connectivity index (χ0n) is 12.7. The fourth-order valence-electron chi connectivity index (χ4n) is 2.18. The van der Waals surface area contributed by atoms with Crippen molar-refractivity contribution < 1.29 is 9.53 Å². The Bertz CT molecular complexity index is 736. The van der Waals surface area contributed by atoms with Crippen molar-refractivity contribution in [2.75, 3.05) is 6.61 Å². The van der Waals surface area contributed by atoms with Crippen LogP contribution in [0.3, 0.4) is 0 Å². The van der Waals surface area contributed by atoms with Crippen LogP contribution in [0.15, 0.2) is 24.3 Å². The number of ether oxygens (including phenoxy) is 1. The molecule has 4 nitrogen and oxygen atoms in total. The van der Waals surface area contributed by atoms with Gasteiger partial charge in [0.05, 0.1) is 11.6 Å². The molecule has 0 spiro atoms. The molecular formula is C17H18N2O2. The van der Waals surface area contributed by atoms with Gasteiger partial charge in [-0.05, 0) is 44.5 Å². The molecule has 0 aliphatic rings. The van der Waals surface area contributed by atoms with E-state index < -0.39 is 0 Å². The Kier molecular flexibility index (Phi) is 4.13. The van der Waals surface area contributed by atoms with Crippen molar-refractivity contribution in [1.29, 1.82) is 5.26 Å². The van der Waals surface area contributed by atoms with E-state index in [2.05, 4.69) is 6.07 Å². The summed E-state index contributed by atoms with van der Waals surface area (Å²) in [4.78, 5) is 12.3. The van der Waals surface area contributed by atoms with Crippen molar-refractivity contribution >= 4 is 5.78 Å². The number of nitrogens with zero attached hydrogens (tertiary/aromatic N) is 2. The van der Waals surface area contributed by atoms with Gasteiger partial charge in [-0.3, -0.25) is 4.79 Å². The van der Waals surface area contributed by atoms with Crippen LogP contribution < -0.4 is 4.74 Å². The highest BCUT2D eigenvalue weighted by Crippen LogP contribution is 2.20. The molecule has 0 aliphatic heterocycles. The van der Waals surface area contributed by atoms with Gasteiger partial charge < -0.3 is 9.30 Å². The van der Waals surface area contributed by atoms with Crippen molar-refractivity contribution in [1.82, 2.24) is 4.57 Å². The Morgan fingerprint density at radius 2 is 2.00 bits per heavy atom. The first kappa shape index (κ1) is 14.9. The number of carbonyl (C=O) groups excluding carboxylic acids is 1. The lowest BCUT2D eigenvalue weighted by atomic mass is 10.1. The van der Waals surface area contributed by atoms with Gasteiger partial charge in [-0.2, -0.15) is 5.26 Å². The molecule has 0 saturated carbocycles. The minimum Gasteiger partial charge on any atom is -0.485 e. The number of ketones is 1. The van der Waals surface area contributed by atoms with Gasteiger partial charge in [0.15, 0.2) is 6.61 Å². The maximum atomic E-state index is 12.3. The maximum Gasteiger partial charge on any atom is 0.202 e. The summed E-state index contributed by atoms with van der Waals surface area (Å²) in [6, 6.07) is 9.15. The first-order valence-electron chi connectivity index (χ1n) is 6.73. The molecule has 0 amide bonds. The van der Waals surface area contributed by atoms with Gasteiger partial charge in [0.1, 0.15) is 5.75 Å². The van der Waals surface area contributed by atoms with E-state index in [9.17, 15) is 4.79 Å². The van der Waals surface area contributed by atoms with Gasteiger partial charge in [0, 0.05) is 24.0 Å². The molecule has 21 heavy (non-hydrogen) atoms. The molecule has 0 unspecified atom stereocenters. The summed E-state index contributed by atoms with van der Waals surface area (Å²) in [7, 11) is 1.93. The molecule has 1 aromatic carbocycles. The molecule has 0 aliphatic carbocycles. The third-order valence-corrected chi connectivity index (χ3v) is 3.75. The topological polar surface area (TPSA) is 55.0 Å². The highest BCUT2D eigenvalue weighted by molar-refractivity contribution is 5.98. The zero-order valence-corrected chi connectivity index (χ0v) is 12.7. The standard InChI is InChI=1S/C17H18N2O2/c1-11-5-6-14(9-18)8-17(11)21-10-16(20)15-7-12(2)19(4)13(15)3/h5-8H,10H2,1-4H3. The predicted octanol–water partition coefficient (Wildman–Crippen LogP) is 3.08. The Morgan fingerprint density at radius 1 is 1.29 bits per heavy atom. The number of nitriles is 1. The summed E-state index contributed by atoms with van der Waals surface area (Å²) in [5.41, 5.74) is 4.09. The molecule has 0 radical (unpaired) electrons. The van der Waals surface area contributed by atoms with Crippen LogP contribution in [0.5, 0.6) is 5.75 Å². The Morgan fingerprint density at radius 3 is 2.57 bits per heavy atom. The second-order valence-corrected chi connectivity index (χ2v) is 5.15. The average Bonchev–Trinajstić information content (AvgIpc) is 2.74. The number of benzene rings is 1. The third kappa shape index (κ3) is 2.97. The number of Topliss-reactive ketones (excluding diaryl/α,β-unsaturated/α-hetero) is 1. The van der Waals surface area contributed by atoms with E-state index in [4.69, 9.17) is 10.00 Å². The van der Waals surface area contributed by atoms with Crippen LogP contribution in [0.1, 0.15) is 32.9 Å². The van der Waals surface area contributed by atoms with E-state index in [0.29, 0.717) is 16.9 Å². The first-order valence-corrected chi connectivity index (χ1v) is 6.73. The summed E-state index contributed by atoms with van der Waals surface area (Å²) < 4.78 is 7.57. The Hall–Kier alpha value is -2.54. The predicted molar refractivity (Wildman–Crippen MR) is 80.6 cm³/mol. The van der Waals surface area contributed by atoms with Crippen LogP contribution in [0, 0.1) is 32.1 Å². The quantitative estimate of drug-likeness (QED) is 0.810. The van der Waals surface area contributed by atoms with E-state index in [1.807, 2.05) is 44.5 Å². The first-order chi connectivity index (χ1) is 9.93. The maximum absolute atomic E-state index is 12.3. The van der Waals surface area contributed by atoms with Crippen LogP contribution in [0.4, 0.5) is 0 Å². The number of aromatic nitrogens is 1. The number of aryl methyl sites for hydroxylation is 2. The summed E-state index contributed by atoms with van der Waals surface area (Å²) in [5, 5.41) is 8.90. The van der Waals surface area contributed by atoms with Crippen molar-refractivity contribution in [2.24, 2.45) is 7.05 Å². The SMILES string of the molecule is Cc1ccc(C#N)cc1OCC(=O)c1cc(C)n(C)c1C. The molecule has 0 fully saturated rings. The van der Waals surface area contributed by atoms with Gasteiger partial charge in [-0.15, -0.1) is 0 Å². The molecule has 0 bridgehead atoms. The van der Waals surface area contributed by atoms with Crippen LogP contribution in [-0.4, -0.2) is 17.0 Å². The summed E-state index contributed by atoms with van der Waals surface area (Å²) in [6.45, 7) is 5.74. The fourth-order valence-corrected chi connectivity index (χ4v) is 2.18. The molecular weight excluding hydrogens is 264 g/mol. The van der Waals surface area contributed by atoms with E-state index in [1.165, 1.54) is 0 Å². The van der Waals surface area contributed by atoms with E-state index in [-0.39, 0.29) is 12.4 Å². The Labute approximate surface area is 124 Å². The normalized spacial score (nSPS) is 10.2. The van der Waals surface area contributed by atoms with Gasteiger partial charge in [-0.1, -0.05) is 6.07 Å². The monoisotopic (exact) mass is 282 g/mol. The highest BCUT2D eigenvalue weighted by Gasteiger charge is 2.15. The molecule has 0 saturated heterocycles. The number of hydrogen-bond acceptors (Lipinski definition) is 3. The summed E-state index contributed by atoms with van der Waals surface area (Å²) in [5.74, 6) is 0.519. The van der Waals surface area contributed by atoms with E-state index in [1.54, 1.807) is 12.1 Å². The largest absolute Gasteiger partial charge is 0.485 e. The van der Waals surface area contributed by atoms with Gasteiger partial charge in [0.25, 0.3) is 0 Å². The third-order valence-electron chi connectivity index (χ3n) is 3.75. The van der Waals surface area contributed by atoms with Gasteiger partial charge in [-0.25, -0.2) is 0 Å². The van der Waals surface area contributed by atoms with Crippen LogP contribution in [0.25, 0.3) is 0 Å². The van der Waals surface area contributed by atoms with Crippen LogP contribution in [0.2, 0.25) is 0 Å². The summed E-state index contributed by atoms with van der Waals surface area (Å²) >= 11 is 0. The lowest BCUT2D eigenvalue weighted by molar-refractivity contribution is 0.0920. The van der Waals surface area contributed by atoms with Crippen LogP contribution >= 0.6 is 0 Å². The highest BCUT2D eigenvalue weighted by atomic mass is 16.5. The molecule has 4 heteroatoms. The number of carbonyl (C=O) groups is 1. The van der Waals surface area contributed by atoms with E-state index >= 15 is 0 Å². The molecule has 2 rings (SSSR count). The van der Waals surface area contributed by atoms with Crippen molar-refractivity contribution in [2.45, 2.75) is 20.8 Å². The van der Waals surface area contributed by atoms with Crippen LogP contribution in [-0.2, 0) is 7.05 Å². The second kappa shape index (κ2) is 5.84. The van der Waals surface area contributed by atoms with E-state index in [0.717, 1.165) is 17.0 Å². The lowest BCUT2D eigenvalue weighted by Gasteiger charge is -2.09. The second-order valence-electron chi connectivity index (χ2n) is 5.15. The minimum atomic E-state index is -0.0574. The smallest absolute Gasteiger partial charge is 0.202 e. The molecule has 108 valence electrons. The van der Waals surface area contributed by atoms with Crippen molar-refractivity contribution in [3.8, 4) is 11.8 Å². The fraction of sp³-hybridized carbons (Fsp3) is 0.294.